The van der Waals surface area contributed by atoms with E-state index in [1.54, 1.807) is 7.11 Å². The Labute approximate surface area is 160 Å². The van der Waals surface area contributed by atoms with E-state index in [2.05, 4.69) is 10.2 Å². The number of ether oxygens (including phenoxy) is 3. The number of halogens is 1. The largest absolute Gasteiger partial charge is 0.493 e. The molecular weight excluding hydrogens is 358 g/mol. The first-order valence-electron chi connectivity index (χ1n) is 8.88. The molecule has 2 aliphatic heterocycles. The Morgan fingerprint density at radius 3 is 3.00 bits per heavy atom. The molecular formula is C18H28ClN3O4. The van der Waals surface area contributed by atoms with Crippen molar-refractivity contribution in [3.05, 3.63) is 17.7 Å². The average molecular weight is 386 g/mol. The van der Waals surface area contributed by atoms with Crippen molar-refractivity contribution in [1.29, 1.82) is 0 Å². The van der Waals surface area contributed by atoms with Gasteiger partial charge in [-0.3, -0.25) is 9.69 Å². The summed E-state index contributed by atoms with van der Waals surface area (Å²) in [6.45, 7) is 3.10. The molecule has 1 saturated heterocycles. The molecule has 1 aromatic carbocycles. The lowest BCUT2D eigenvalue weighted by molar-refractivity contribution is -0.121. The molecule has 8 heteroatoms. The van der Waals surface area contributed by atoms with Crippen molar-refractivity contribution in [3.63, 3.8) is 0 Å². The fourth-order valence-corrected chi connectivity index (χ4v) is 3.46. The molecule has 7 nitrogen and oxygen atoms in total. The van der Waals surface area contributed by atoms with Gasteiger partial charge in [-0.1, -0.05) is 6.42 Å². The molecule has 1 fully saturated rings. The molecule has 0 aromatic heterocycles. The maximum Gasteiger partial charge on any atom is 0.231 e. The molecule has 0 aliphatic carbocycles. The number of amides is 1. The summed E-state index contributed by atoms with van der Waals surface area (Å²) in [6, 6.07) is 4.36. The first kappa shape index (κ1) is 20.6. The third-order valence-electron chi connectivity index (χ3n) is 4.76. The molecule has 26 heavy (non-hydrogen) atoms. The average Bonchev–Trinajstić information content (AvgIpc) is 3.09. The molecule has 1 aromatic rings. The van der Waals surface area contributed by atoms with E-state index in [0.29, 0.717) is 37.1 Å². The minimum absolute atomic E-state index is 0. The number of hydrogen-bond acceptors (Lipinski definition) is 6. The Bertz CT molecular complexity index is 614. The molecule has 2 heterocycles. The number of hydrogen-bond donors (Lipinski definition) is 2. The fourth-order valence-electron chi connectivity index (χ4n) is 3.46. The number of carbonyl (C=O) groups excluding carboxylic acids is 1. The van der Waals surface area contributed by atoms with Crippen molar-refractivity contribution >= 4 is 18.3 Å². The van der Waals surface area contributed by atoms with Crippen LogP contribution in [0.4, 0.5) is 0 Å². The zero-order valence-electron chi connectivity index (χ0n) is 15.2. The van der Waals surface area contributed by atoms with Gasteiger partial charge in [-0.15, -0.1) is 12.4 Å². The van der Waals surface area contributed by atoms with Gasteiger partial charge < -0.3 is 25.3 Å². The minimum Gasteiger partial charge on any atom is -0.493 e. The quantitative estimate of drug-likeness (QED) is 0.742. The summed E-state index contributed by atoms with van der Waals surface area (Å²) < 4.78 is 16.4. The predicted molar refractivity (Wildman–Crippen MR) is 101 cm³/mol. The van der Waals surface area contributed by atoms with Crippen LogP contribution >= 0.6 is 12.4 Å². The van der Waals surface area contributed by atoms with Crippen LogP contribution in [0.5, 0.6) is 17.2 Å². The zero-order valence-corrected chi connectivity index (χ0v) is 16.0. The number of piperidine rings is 1. The number of likely N-dealkylation sites (tertiary alicyclic amines) is 1. The molecule has 3 N–H and O–H groups in total. The van der Waals surface area contributed by atoms with Crippen LogP contribution < -0.4 is 25.3 Å². The number of nitrogens with zero attached hydrogens (tertiary/aromatic N) is 1. The summed E-state index contributed by atoms with van der Waals surface area (Å²) in [7, 11) is 1.64. The monoisotopic (exact) mass is 385 g/mol. The Hall–Kier alpha value is -1.70. The highest BCUT2D eigenvalue weighted by atomic mass is 35.5. The summed E-state index contributed by atoms with van der Waals surface area (Å²) in [5, 5.41) is 3.00. The normalized spacial score (nSPS) is 18.9. The molecule has 0 bridgehead atoms. The lowest BCUT2D eigenvalue weighted by Gasteiger charge is -2.36. The zero-order chi connectivity index (χ0) is 17.6. The Morgan fingerprint density at radius 1 is 1.38 bits per heavy atom. The van der Waals surface area contributed by atoms with E-state index in [-0.39, 0.29) is 25.1 Å². The van der Waals surface area contributed by atoms with Crippen molar-refractivity contribution in [3.8, 4) is 17.2 Å². The van der Waals surface area contributed by atoms with Gasteiger partial charge in [0.05, 0.1) is 7.11 Å². The molecule has 1 atom stereocenters. The highest BCUT2D eigenvalue weighted by Gasteiger charge is 2.25. The molecule has 1 unspecified atom stereocenters. The molecule has 2 aliphatic rings. The predicted octanol–water partition coefficient (Wildman–Crippen LogP) is 1.67. The fraction of sp³-hybridized carbons (Fsp3) is 0.611. The second kappa shape index (κ2) is 9.85. The van der Waals surface area contributed by atoms with Crippen LogP contribution in [0.25, 0.3) is 0 Å². The van der Waals surface area contributed by atoms with Crippen LogP contribution in [0.2, 0.25) is 0 Å². The van der Waals surface area contributed by atoms with Gasteiger partial charge in [0.2, 0.25) is 18.4 Å². The van der Waals surface area contributed by atoms with Crippen LogP contribution in [0, 0.1) is 0 Å². The Balaban J connectivity index is 0.00000243. The summed E-state index contributed by atoms with van der Waals surface area (Å²) in [4.78, 5) is 14.1. The van der Waals surface area contributed by atoms with Gasteiger partial charge in [-0.05, 0) is 37.1 Å². The van der Waals surface area contributed by atoms with Crippen molar-refractivity contribution in [1.82, 2.24) is 10.2 Å². The second-order valence-electron chi connectivity index (χ2n) is 6.49. The van der Waals surface area contributed by atoms with Crippen molar-refractivity contribution in [2.24, 2.45) is 5.73 Å². The molecule has 0 spiro atoms. The van der Waals surface area contributed by atoms with Crippen LogP contribution in [-0.4, -0.2) is 50.4 Å². The number of nitrogens with one attached hydrogen (secondary N) is 1. The van der Waals surface area contributed by atoms with Crippen LogP contribution in [-0.2, 0) is 11.3 Å². The van der Waals surface area contributed by atoms with Gasteiger partial charge in [0.15, 0.2) is 11.5 Å². The number of carbonyl (C=O) groups is 1. The smallest absolute Gasteiger partial charge is 0.231 e. The minimum atomic E-state index is 0. The lowest BCUT2D eigenvalue weighted by atomic mass is 10.0. The second-order valence-corrected chi connectivity index (χ2v) is 6.49. The van der Waals surface area contributed by atoms with Gasteiger partial charge in [-0.25, -0.2) is 0 Å². The van der Waals surface area contributed by atoms with Gasteiger partial charge in [-0.2, -0.15) is 0 Å². The standard InChI is InChI=1S/C18H27N3O4.ClH/c1-23-15-8-13(9-16-18(15)25-12-24-16)11-21-7-3-2-4-14(21)10-20-17(22)5-6-19;/h8-9,14H,2-7,10-12,19H2,1H3,(H,20,22);1H. The van der Waals surface area contributed by atoms with Crippen molar-refractivity contribution < 1.29 is 19.0 Å². The van der Waals surface area contributed by atoms with Gasteiger partial charge in [0, 0.05) is 32.1 Å². The third kappa shape index (κ3) is 4.93. The molecule has 3 rings (SSSR count). The maximum absolute atomic E-state index is 11.7. The van der Waals surface area contributed by atoms with Gasteiger partial charge >= 0.3 is 0 Å². The number of methoxy groups -OCH3 is 1. The van der Waals surface area contributed by atoms with E-state index < -0.39 is 0 Å². The third-order valence-corrected chi connectivity index (χ3v) is 4.76. The van der Waals surface area contributed by atoms with Crippen LogP contribution in [0.15, 0.2) is 12.1 Å². The summed E-state index contributed by atoms with van der Waals surface area (Å²) in [5.74, 6) is 2.14. The number of rotatable bonds is 7. The number of fused-ring (bicyclic) bond motifs is 1. The maximum atomic E-state index is 11.7. The number of nitrogens with two attached hydrogens (primary N) is 1. The van der Waals surface area contributed by atoms with Crippen molar-refractivity contribution in [2.45, 2.75) is 38.3 Å². The Morgan fingerprint density at radius 2 is 2.23 bits per heavy atom. The summed E-state index contributed by atoms with van der Waals surface area (Å²) in [5.41, 5.74) is 6.56. The van der Waals surface area contributed by atoms with Crippen LogP contribution in [0.3, 0.4) is 0 Å². The first-order valence-corrected chi connectivity index (χ1v) is 8.88. The van der Waals surface area contributed by atoms with E-state index in [1.165, 1.54) is 12.8 Å². The van der Waals surface area contributed by atoms with Crippen molar-refractivity contribution in [2.75, 3.05) is 33.5 Å². The highest BCUT2D eigenvalue weighted by molar-refractivity contribution is 5.85. The van der Waals surface area contributed by atoms with Gasteiger partial charge in [0.1, 0.15) is 0 Å². The van der Waals surface area contributed by atoms with Gasteiger partial charge in [0.25, 0.3) is 0 Å². The molecule has 0 saturated carbocycles. The topological polar surface area (TPSA) is 86.1 Å². The first-order chi connectivity index (χ1) is 12.2. The molecule has 146 valence electrons. The van der Waals surface area contributed by atoms with E-state index in [0.717, 1.165) is 30.8 Å². The lowest BCUT2D eigenvalue weighted by Crippen LogP contribution is -2.46. The van der Waals surface area contributed by atoms with E-state index in [1.807, 2.05) is 12.1 Å². The highest BCUT2D eigenvalue weighted by Crippen LogP contribution is 2.42. The molecule has 1 amide bonds. The Kier molecular flexibility index (Phi) is 7.81. The summed E-state index contributed by atoms with van der Waals surface area (Å²) >= 11 is 0. The SMILES string of the molecule is COc1cc(CN2CCCCC2CNC(=O)CCN)cc2c1OCO2.Cl. The summed E-state index contributed by atoms with van der Waals surface area (Å²) in [6.07, 6.45) is 3.84. The molecule has 0 radical (unpaired) electrons. The van der Waals surface area contributed by atoms with Crippen LogP contribution in [0.1, 0.15) is 31.2 Å². The van der Waals surface area contributed by atoms with E-state index in [4.69, 9.17) is 19.9 Å². The van der Waals surface area contributed by atoms with E-state index >= 15 is 0 Å². The van der Waals surface area contributed by atoms with E-state index in [9.17, 15) is 4.79 Å². The number of benzene rings is 1.